The summed E-state index contributed by atoms with van der Waals surface area (Å²) in [6, 6.07) is 8.30. The summed E-state index contributed by atoms with van der Waals surface area (Å²) in [6.07, 6.45) is 0.203. The molecule has 0 atom stereocenters. The van der Waals surface area contributed by atoms with Gasteiger partial charge in [0.15, 0.2) is 0 Å². The lowest BCUT2D eigenvalue weighted by Crippen LogP contribution is -2.14. The van der Waals surface area contributed by atoms with E-state index >= 15 is 0 Å². The van der Waals surface area contributed by atoms with Gasteiger partial charge in [-0.15, -0.1) is 11.3 Å². The van der Waals surface area contributed by atoms with E-state index in [0.717, 1.165) is 17.0 Å². The zero-order valence-corrected chi connectivity index (χ0v) is 12.3. The van der Waals surface area contributed by atoms with Gasteiger partial charge in [0.1, 0.15) is 0 Å². The molecule has 1 amide bonds. The van der Waals surface area contributed by atoms with Crippen molar-refractivity contribution in [2.24, 2.45) is 0 Å². The summed E-state index contributed by atoms with van der Waals surface area (Å²) in [4.78, 5) is 12.1. The van der Waals surface area contributed by atoms with Gasteiger partial charge in [0.2, 0.25) is 15.7 Å². The normalized spacial score (nSPS) is 11.6. The van der Waals surface area contributed by atoms with Crippen molar-refractivity contribution in [3.05, 3.63) is 46.7 Å². The number of carbonyl (C=O) groups excluding carboxylic acids is 1. The third-order valence-corrected chi connectivity index (χ3v) is 4.89. The fourth-order valence-corrected chi connectivity index (χ4v) is 3.03. The van der Waals surface area contributed by atoms with E-state index in [0.29, 0.717) is 5.69 Å². The molecule has 1 aromatic heterocycles. The number of amides is 1. The molecule has 0 aliphatic rings. The summed E-state index contributed by atoms with van der Waals surface area (Å²) in [5.41, 5.74) is 0.352. The van der Waals surface area contributed by atoms with Crippen molar-refractivity contribution in [1.82, 2.24) is 0 Å². The van der Waals surface area contributed by atoms with Gasteiger partial charge in [-0.25, -0.2) is 8.42 Å². The van der Waals surface area contributed by atoms with Gasteiger partial charge in [0.05, 0.1) is 11.3 Å². The average Bonchev–Trinajstić information content (AvgIpc) is 2.91. The van der Waals surface area contributed by atoms with Crippen LogP contribution in [-0.2, 0) is 21.1 Å². The number of alkyl halides is 2. The molecule has 4 nitrogen and oxygen atoms in total. The van der Waals surface area contributed by atoms with Gasteiger partial charge in [0.25, 0.3) is 0 Å². The number of anilines is 1. The highest BCUT2D eigenvalue weighted by atomic mass is 32.2. The number of hydrogen-bond donors (Lipinski definition) is 1. The lowest BCUT2D eigenvalue weighted by molar-refractivity contribution is -0.115. The van der Waals surface area contributed by atoms with E-state index in [1.165, 1.54) is 23.5 Å². The van der Waals surface area contributed by atoms with Crippen molar-refractivity contribution in [1.29, 1.82) is 0 Å². The molecule has 2 rings (SSSR count). The van der Waals surface area contributed by atoms with Crippen molar-refractivity contribution in [3.63, 3.8) is 0 Å². The second-order valence-electron chi connectivity index (χ2n) is 4.13. The number of halogens is 2. The van der Waals surface area contributed by atoms with Gasteiger partial charge < -0.3 is 5.32 Å². The molecule has 0 saturated carbocycles. The highest BCUT2D eigenvalue weighted by molar-refractivity contribution is 7.91. The van der Waals surface area contributed by atoms with E-state index < -0.39 is 20.5 Å². The predicted molar refractivity (Wildman–Crippen MR) is 76.3 cm³/mol. The van der Waals surface area contributed by atoms with Crippen molar-refractivity contribution in [2.75, 3.05) is 5.32 Å². The molecule has 0 aliphatic heterocycles. The topological polar surface area (TPSA) is 63.2 Å². The van der Waals surface area contributed by atoms with Crippen LogP contribution in [-0.4, -0.2) is 20.1 Å². The summed E-state index contributed by atoms with van der Waals surface area (Å²) in [5, 5.41) is 4.43. The first-order chi connectivity index (χ1) is 9.89. The molecule has 1 N–H and O–H groups in total. The molecule has 0 bridgehead atoms. The first kappa shape index (κ1) is 15.6. The van der Waals surface area contributed by atoms with E-state index in [1.807, 2.05) is 17.5 Å². The predicted octanol–water partition coefficient (Wildman–Crippen LogP) is 2.93. The van der Waals surface area contributed by atoms with Gasteiger partial charge in [-0.1, -0.05) is 6.07 Å². The number of rotatable bonds is 5. The van der Waals surface area contributed by atoms with Crippen LogP contribution in [0.1, 0.15) is 4.88 Å². The molecule has 0 saturated heterocycles. The first-order valence-electron chi connectivity index (χ1n) is 5.84. The van der Waals surface area contributed by atoms with Crippen LogP contribution in [0.5, 0.6) is 0 Å². The minimum Gasteiger partial charge on any atom is -0.326 e. The zero-order chi connectivity index (χ0) is 15.5. The third-order valence-electron chi connectivity index (χ3n) is 2.62. The first-order valence-corrected chi connectivity index (χ1v) is 8.26. The van der Waals surface area contributed by atoms with E-state index in [1.54, 1.807) is 0 Å². The van der Waals surface area contributed by atoms with Crippen LogP contribution < -0.4 is 5.32 Å². The van der Waals surface area contributed by atoms with E-state index in [2.05, 4.69) is 5.32 Å². The van der Waals surface area contributed by atoms with Gasteiger partial charge in [-0.05, 0) is 35.7 Å². The molecule has 1 aromatic carbocycles. The minimum atomic E-state index is -4.61. The fraction of sp³-hybridized carbons (Fsp3) is 0.154. The summed E-state index contributed by atoms with van der Waals surface area (Å²) < 4.78 is 47.2. The van der Waals surface area contributed by atoms with E-state index in [-0.39, 0.29) is 12.3 Å². The molecular weight excluding hydrogens is 320 g/mol. The minimum absolute atomic E-state index is 0.203. The Kier molecular flexibility index (Phi) is 4.69. The maximum Gasteiger partial charge on any atom is 0.341 e. The number of hydrogen-bond acceptors (Lipinski definition) is 4. The molecular formula is C13H11F2NO3S2. The van der Waals surface area contributed by atoms with Crippen molar-refractivity contribution >= 4 is 32.8 Å². The zero-order valence-electron chi connectivity index (χ0n) is 10.6. The van der Waals surface area contributed by atoms with Crippen LogP contribution in [0.3, 0.4) is 0 Å². The van der Waals surface area contributed by atoms with Crippen molar-refractivity contribution in [3.8, 4) is 0 Å². The average molecular weight is 331 g/mol. The molecule has 2 aromatic rings. The maximum atomic E-state index is 12.4. The summed E-state index contributed by atoms with van der Waals surface area (Å²) in [5.74, 6) is -3.72. The van der Waals surface area contributed by atoms with E-state index in [9.17, 15) is 22.0 Å². The van der Waals surface area contributed by atoms with Crippen LogP contribution in [0.2, 0.25) is 0 Å². The van der Waals surface area contributed by atoms with Crippen LogP contribution >= 0.6 is 11.3 Å². The number of nitrogens with one attached hydrogen (secondary N) is 1. The standard InChI is InChI=1S/C13H11F2NO3S2/c14-13(15)21(18,19)11-5-3-9(4-6-11)16-12(17)8-10-2-1-7-20-10/h1-7,13H,8H2,(H,16,17). The Morgan fingerprint density at radius 3 is 2.38 bits per heavy atom. The molecule has 1 heterocycles. The van der Waals surface area contributed by atoms with Crippen LogP contribution in [0.4, 0.5) is 14.5 Å². The Hall–Kier alpha value is -1.80. The van der Waals surface area contributed by atoms with Gasteiger partial charge in [-0.2, -0.15) is 8.78 Å². The maximum absolute atomic E-state index is 12.4. The summed E-state index contributed by atoms with van der Waals surface area (Å²) in [6.45, 7) is 0. The van der Waals surface area contributed by atoms with Gasteiger partial charge >= 0.3 is 5.76 Å². The lowest BCUT2D eigenvalue weighted by atomic mass is 10.3. The molecule has 21 heavy (non-hydrogen) atoms. The molecule has 112 valence electrons. The Balaban J connectivity index is 2.04. The highest BCUT2D eigenvalue weighted by Crippen LogP contribution is 2.20. The quantitative estimate of drug-likeness (QED) is 0.916. The molecule has 8 heteroatoms. The molecule has 0 spiro atoms. The molecule has 0 unspecified atom stereocenters. The fourth-order valence-electron chi connectivity index (χ4n) is 1.61. The number of carbonyl (C=O) groups is 1. The number of sulfone groups is 1. The Bertz CT molecular complexity index is 710. The lowest BCUT2D eigenvalue weighted by Gasteiger charge is -2.06. The van der Waals surface area contributed by atoms with Crippen LogP contribution in [0.15, 0.2) is 46.7 Å². The van der Waals surface area contributed by atoms with Crippen molar-refractivity contribution in [2.45, 2.75) is 17.1 Å². The second kappa shape index (κ2) is 6.31. The van der Waals surface area contributed by atoms with Gasteiger partial charge in [-0.3, -0.25) is 4.79 Å². The molecule has 0 radical (unpaired) electrons. The molecule has 0 aliphatic carbocycles. The Morgan fingerprint density at radius 2 is 1.86 bits per heavy atom. The monoisotopic (exact) mass is 331 g/mol. The van der Waals surface area contributed by atoms with Gasteiger partial charge in [0, 0.05) is 10.6 Å². The number of thiophene rings is 1. The second-order valence-corrected chi connectivity index (χ2v) is 7.08. The SMILES string of the molecule is O=C(Cc1cccs1)Nc1ccc(S(=O)(=O)C(F)F)cc1. The summed E-state index contributed by atoms with van der Waals surface area (Å²) in [7, 11) is -4.61. The third kappa shape index (κ3) is 3.85. The highest BCUT2D eigenvalue weighted by Gasteiger charge is 2.26. The Labute approximate surface area is 124 Å². The van der Waals surface area contributed by atoms with E-state index in [4.69, 9.17) is 0 Å². The summed E-state index contributed by atoms with van der Waals surface area (Å²) >= 11 is 1.45. The smallest absolute Gasteiger partial charge is 0.326 e. The van der Waals surface area contributed by atoms with Crippen LogP contribution in [0.25, 0.3) is 0 Å². The Morgan fingerprint density at radius 1 is 1.19 bits per heavy atom. The number of benzene rings is 1. The van der Waals surface area contributed by atoms with Crippen molar-refractivity contribution < 1.29 is 22.0 Å². The molecule has 0 fully saturated rings. The largest absolute Gasteiger partial charge is 0.341 e. The van der Waals surface area contributed by atoms with Crippen LogP contribution in [0, 0.1) is 0 Å².